The van der Waals surface area contributed by atoms with Crippen molar-refractivity contribution in [3.8, 4) is 0 Å². The quantitative estimate of drug-likeness (QED) is 0.680. The van der Waals surface area contributed by atoms with Gasteiger partial charge in [-0.05, 0) is 44.2 Å². The van der Waals surface area contributed by atoms with E-state index in [2.05, 4.69) is 12.4 Å². The second-order valence-corrected chi connectivity index (χ2v) is 4.70. The first-order chi connectivity index (χ1) is 5.90. The molecule has 0 heterocycles. The van der Waals surface area contributed by atoms with Gasteiger partial charge in [-0.15, -0.1) is 0 Å². The van der Waals surface area contributed by atoms with Crippen LogP contribution in [0.1, 0.15) is 38.5 Å². The number of nitrogens with one attached hydrogen (secondary N) is 1. The fourth-order valence-electron chi connectivity index (χ4n) is 3.06. The molecule has 2 aliphatic carbocycles. The lowest BCUT2D eigenvalue weighted by Gasteiger charge is -2.39. The molecule has 0 bridgehead atoms. The van der Waals surface area contributed by atoms with Crippen LogP contribution in [0.2, 0.25) is 0 Å². The van der Waals surface area contributed by atoms with Gasteiger partial charge in [0.05, 0.1) is 0 Å². The van der Waals surface area contributed by atoms with Crippen molar-refractivity contribution in [2.45, 2.75) is 38.5 Å². The van der Waals surface area contributed by atoms with Gasteiger partial charge < -0.3 is 5.32 Å². The summed E-state index contributed by atoms with van der Waals surface area (Å²) in [5.74, 6) is 3.25. The molecule has 0 aromatic carbocycles. The van der Waals surface area contributed by atoms with E-state index in [0.717, 1.165) is 17.8 Å². The topological polar surface area (TPSA) is 12.0 Å². The summed E-state index contributed by atoms with van der Waals surface area (Å²) in [7, 11) is 2.07. The van der Waals surface area contributed by atoms with Crippen molar-refractivity contribution < 1.29 is 0 Å². The third-order valence-corrected chi connectivity index (χ3v) is 3.83. The van der Waals surface area contributed by atoms with Crippen LogP contribution in [0.25, 0.3) is 0 Å². The van der Waals surface area contributed by atoms with Gasteiger partial charge in [-0.1, -0.05) is 25.7 Å². The Hall–Kier alpha value is -0.0400. The molecule has 0 amide bonds. The third-order valence-electron chi connectivity index (χ3n) is 3.83. The molecule has 0 aliphatic heterocycles. The lowest BCUT2D eigenvalue weighted by atomic mass is 9.68. The molecule has 2 saturated carbocycles. The standard InChI is InChI=1S/C11H21N/c1-12-8-9-6-11(7-9)10-4-2-3-5-10/h9-12H,2-8H2,1H3. The van der Waals surface area contributed by atoms with Crippen LogP contribution >= 0.6 is 0 Å². The van der Waals surface area contributed by atoms with Gasteiger partial charge in [0.1, 0.15) is 0 Å². The normalized spacial score (nSPS) is 36.8. The Balaban J connectivity index is 1.66. The Morgan fingerprint density at radius 2 is 1.75 bits per heavy atom. The highest BCUT2D eigenvalue weighted by atomic mass is 14.8. The smallest absolute Gasteiger partial charge is 0.00233 e. The molecule has 2 aliphatic rings. The highest BCUT2D eigenvalue weighted by Crippen LogP contribution is 2.44. The molecule has 0 unspecified atom stereocenters. The average molecular weight is 167 g/mol. The zero-order valence-corrected chi connectivity index (χ0v) is 8.18. The van der Waals surface area contributed by atoms with E-state index < -0.39 is 0 Å². The zero-order valence-electron chi connectivity index (χ0n) is 8.18. The summed E-state index contributed by atoms with van der Waals surface area (Å²) < 4.78 is 0. The summed E-state index contributed by atoms with van der Waals surface area (Å²) in [5, 5.41) is 3.28. The molecule has 0 atom stereocenters. The second kappa shape index (κ2) is 3.78. The lowest BCUT2D eigenvalue weighted by molar-refractivity contribution is 0.126. The van der Waals surface area contributed by atoms with Gasteiger partial charge in [-0.3, -0.25) is 0 Å². The predicted octanol–water partition coefficient (Wildman–Crippen LogP) is 2.42. The Bertz CT molecular complexity index is 132. The summed E-state index contributed by atoms with van der Waals surface area (Å²) in [6.07, 6.45) is 9.14. The van der Waals surface area contributed by atoms with Crippen molar-refractivity contribution in [2.75, 3.05) is 13.6 Å². The molecule has 0 saturated heterocycles. The summed E-state index contributed by atoms with van der Waals surface area (Å²) in [6, 6.07) is 0. The maximum atomic E-state index is 3.28. The van der Waals surface area contributed by atoms with Crippen LogP contribution in [-0.4, -0.2) is 13.6 Å². The van der Waals surface area contributed by atoms with E-state index >= 15 is 0 Å². The van der Waals surface area contributed by atoms with Gasteiger partial charge in [0, 0.05) is 0 Å². The molecule has 1 heteroatoms. The third kappa shape index (κ3) is 1.66. The first kappa shape index (κ1) is 8.55. The van der Waals surface area contributed by atoms with Gasteiger partial charge in [-0.2, -0.15) is 0 Å². The highest BCUT2D eigenvalue weighted by molar-refractivity contribution is 4.87. The molecular weight excluding hydrogens is 146 g/mol. The van der Waals surface area contributed by atoms with E-state index in [-0.39, 0.29) is 0 Å². The zero-order chi connectivity index (χ0) is 8.39. The first-order valence-corrected chi connectivity index (χ1v) is 5.54. The molecule has 1 N–H and O–H groups in total. The minimum absolute atomic E-state index is 1.01. The van der Waals surface area contributed by atoms with Crippen molar-refractivity contribution in [3.05, 3.63) is 0 Å². The van der Waals surface area contributed by atoms with Crippen LogP contribution in [-0.2, 0) is 0 Å². The van der Waals surface area contributed by atoms with Crippen LogP contribution in [0.15, 0.2) is 0 Å². The van der Waals surface area contributed by atoms with Crippen molar-refractivity contribution in [1.82, 2.24) is 5.32 Å². The Labute approximate surface area is 75.9 Å². The Kier molecular flexibility index (Phi) is 2.69. The molecule has 1 nitrogen and oxygen atoms in total. The van der Waals surface area contributed by atoms with Crippen LogP contribution in [0.5, 0.6) is 0 Å². The number of rotatable bonds is 3. The van der Waals surface area contributed by atoms with Gasteiger partial charge in [-0.25, -0.2) is 0 Å². The molecule has 0 aromatic rings. The largest absolute Gasteiger partial charge is 0.319 e. The minimum Gasteiger partial charge on any atom is -0.319 e. The van der Waals surface area contributed by atoms with Gasteiger partial charge in [0.15, 0.2) is 0 Å². The predicted molar refractivity (Wildman–Crippen MR) is 52.1 cm³/mol. The van der Waals surface area contributed by atoms with Crippen LogP contribution in [0.3, 0.4) is 0 Å². The van der Waals surface area contributed by atoms with Gasteiger partial charge in [0.25, 0.3) is 0 Å². The van der Waals surface area contributed by atoms with Crippen LogP contribution in [0.4, 0.5) is 0 Å². The molecule has 12 heavy (non-hydrogen) atoms. The lowest BCUT2D eigenvalue weighted by Crippen LogP contribution is -2.34. The second-order valence-electron chi connectivity index (χ2n) is 4.70. The fourth-order valence-corrected chi connectivity index (χ4v) is 3.06. The van der Waals surface area contributed by atoms with Crippen molar-refractivity contribution >= 4 is 0 Å². The highest BCUT2D eigenvalue weighted by Gasteiger charge is 2.35. The summed E-state index contributed by atoms with van der Waals surface area (Å²) in [6.45, 7) is 1.25. The molecular formula is C11H21N. The molecule has 0 radical (unpaired) electrons. The average Bonchev–Trinajstić information content (AvgIpc) is 2.47. The van der Waals surface area contributed by atoms with E-state index in [1.807, 2.05) is 0 Å². The first-order valence-electron chi connectivity index (χ1n) is 5.54. The molecule has 0 spiro atoms. The monoisotopic (exact) mass is 167 g/mol. The number of hydrogen-bond acceptors (Lipinski definition) is 1. The van der Waals surface area contributed by atoms with E-state index in [0.29, 0.717) is 0 Å². The number of hydrogen-bond donors (Lipinski definition) is 1. The van der Waals surface area contributed by atoms with Crippen molar-refractivity contribution in [1.29, 1.82) is 0 Å². The maximum Gasteiger partial charge on any atom is -0.00233 e. The van der Waals surface area contributed by atoms with E-state index in [9.17, 15) is 0 Å². The van der Waals surface area contributed by atoms with E-state index in [1.54, 1.807) is 0 Å². The Morgan fingerprint density at radius 1 is 1.08 bits per heavy atom. The summed E-state index contributed by atoms with van der Waals surface area (Å²) >= 11 is 0. The minimum atomic E-state index is 1.01. The molecule has 2 rings (SSSR count). The SMILES string of the molecule is CNCC1CC(C2CCCC2)C1. The Morgan fingerprint density at radius 3 is 2.33 bits per heavy atom. The molecule has 2 fully saturated rings. The van der Waals surface area contributed by atoms with Crippen LogP contribution < -0.4 is 5.32 Å². The van der Waals surface area contributed by atoms with Crippen LogP contribution in [0, 0.1) is 17.8 Å². The van der Waals surface area contributed by atoms with E-state index in [1.165, 1.54) is 45.1 Å². The van der Waals surface area contributed by atoms with Gasteiger partial charge in [0.2, 0.25) is 0 Å². The van der Waals surface area contributed by atoms with Crippen molar-refractivity contribution in [2.24, 2.45) is 17.8 Å². The van der Waals surface area contributed by atoms with Gasteiger partial charge >= 0.3 is 0 Å². The summed E-state index contributed by atoms with van der Waals surface area (Å²) in [5.41, 5.74) is 0. The molecule has 70 valence electrons. The summed E-state index contributed by atoms with van der Waals surface area (Å²) in [4.78, 5) is 0. The van der Waals surface area contributed by atoms with Crippen molar-refractivity contribution in [3.63, 3.8) is 0 Å². The maximum absolute atomic E-state index is 3.28. The molecule has 0 aromatic heterocycles. The fraction of sp³-hybridized carbons (Fsp3) is 1.00. The van der Waals surface area contributed by atoms with E-state index in [4.69, 9.17) is 0 Å².